The lowest BCUT2D eigenvalue weighted by Gasteiger charge is -2.19. The van der Waals surface area contributed by atoms with E-state index < -0.39 is 0 Å². The van der Waals surface area contributed by atoms with E-state index >= 15 is 0 Å². The molecule has 0 amide bonds. The summed E-state index contributed by atoms with van der Waals surface area (Å²) in [4.78, 5) is 2.30. The van der Waals surface area contributed by atoms with E-state index in [-0.39, 0.29) is 5.54 Å². The number of allylic oxidation sites excluding steroid dienone is 1. The van der Waals surface area contributed by atoms with Crippen LogP contribution in [0.1, 0.15) is 12.8 Å². The van der Waals surface area contributed by atoms with Gasteiger partial charge in [-0.15, -0.1) is 0 Å². The monoisotopic (exact) mass is 138 g/mol. The van der Waals surface area contributed by atoms with Crippen molar-refractivity contribution in [2.75, 3.05) is 20.1 Å². The van der Waals surface area contributed by atoms with Crippen molar-refractivity contribution in [3.63, 3.8) is 0 Å². The van der Waals surface area contributed by atoms with Crippen molar-refractivity contribution in [2.45, 2.75) is 18.4 Å². The smallest absolute Gasteiger partial charge is 0.0513 e. The molecule has 56 valence electrons. The maximum atomic E-state index is 6.14. The van der Waals surface area contributed by atoms with Crippen LogP contribution in [0, 0.1) is 0 Å². The molecule has 1 fully saturated rings. The molecule has 2 heteroatoms. The number of hydrogen-bond acceptors (Lipinski definition) is 2. The second kappa shape index (κ2) is 1.83. The highest BCUT2D eigenvalue weighted by molar-refractivity contribution is 5.30. The molecule has 0 saturated carbocycles. The van der Waals surface area contributed by atoms with Gasteiger partial charge >= 0.3 is 0 Å². The minimum atomic E-state index is 0.0642. The zero-order valence-corrected chi connectivity index (χ0v) is 6.43. The molecule has 1 saturated heterocycles. The van der Waals surface area contributed by atoms with E-state index in [2.05, 4.69) is 18.0 Å². The molecule has 10 heavy (non-hydrogen) atoms. The topological polar surface area (TPSA) is 29.3 Å². The first-order valence-corrected chi connectivity index (χ1v) is 3.88. The van der Waals surface area contributed by atoms with Gasteiger partial charge in [0.1, 0.15) is 0 Å². The zero-order valence-electron chi connectivity index (χ0n) is 6.43. The average Bonchev–Trinajstić information content (AvgIpc) is 2.20. The zero-order chi connectivity index (χ0) is 7.19. The van der Waals surface area contributed by atoms with Crippen LogP contribution in [0.5, 0.6) is 0 Å². The van der Waals surface area contributed by atoms with Gasteiger partial charge in [0.25, 0.3) is 0 Å². The molecule has 0 bridgehead atoms. The minimum absolute atomic E-state index is 0.0642. The van der Waals surface area contributed by atoms with E-state index in [1.165, 1.54) is 12.0 Å². The first-order chi connectivity index (χ1) is 4.71. The first-order valence-electron chi connectivity index (χ1n) is 3.88. The predicted octanol–water partition coefficient (Wildman–Crippen LogP) is 0.350. The number of hydrogen-bond donors (Lipinski definition) is 1. The molecule has 2 aliphatic rings. The Bertz CT molecular complexity index is 186. The molecule has 0 aromatic rings. The summed E-state index contributed by atoms with van der Waals surface area (Å²) in [6.45, 7) is 2.15. The summed E-state index contributed by atoms with van der Waals surface area (Å²) in [5, 5.41) is 0. The number of nitrogens with zero attached hydrogens (tertiary/aromatic N) is 1. The highest BCUT2D eigenvalue weighted by Gasteiger charge is 2.39. The van der Waals surface area contributed by atoms with Gasteiger partial charge in [-0.3, -0.25) is 0 Å². The fourth-order valence-corrected chi connectivity index (χ4v) is 2.10. The van der Waals surface area contributed by atoms with Crippen LogP contribution in [0.3, 0.4) is 0 Å². The third-order valence-corrected chi connectivity index (χ3v) is 2.61. The van der Waals surface area contributed by atoms with E-state index in [9.17, 15) is 0 Å². The largest absolute Gasteiger partial charge is 0.321 e. The van der Waals surface area contributed by atoms with Gasteiger partial charge in [-0.25, -0.2) is 0 Å². The van der Waals surface area contributed by atoms with Crippen molar-refractivity contribution < 1.29 is 0 Å². The number of nitrogens with two attached hydrogens (primary N) is 1. The van der Waals surface area contributed by atoms with Crippen molar-refractivity contribution in [1.82, 2.24) is 4.90 Å². The third-order valence-electron chi connectivity index (χ3n) is 2.61. The quantitative estimate of drug-likeness (QED) is 0.489. The maximum Gasteiger partial charge on any atom is 0.0513 e. The fourth-order valence-electron chi connectivity index (χ4n) is 2.10. The van der Waals surface area contributed by atoms with Crippen molar-refractivity contribution in [3.05, 3.63) is 11.6 Å². The molecule has 2 nitrogen and oxygen atoms in total. The Hall–Kier alpha value is -0.340. The Morgan fingerprint density at radius 2 is 2.50 bits per heavy atom. The number of likely N-dealkylation sites (N-methyl/N-ethyl adjacent to an activating group) is 1. The minimum Gasteiger partial charge on any atom is -0.321 e. The SMILES string of the molecule is CN1CC2=CCC[C@@]2(N)C1. The summed E-state index contributed by atoms with van der Waals surface area (Å²) in [5.41, 5.74) is 7.68. The Kier molecular flexibility index (Phi) is 1.17. The van der Waals surface area contributed by atoms with E-state index in [0.29, 0.717) is 0 Å². The lowest BCUT2D eigenvalue weighted by Crippen LogP contribution is -2.41. The second-order valence-corrected chi connectivity index (χ2v) is 3.60. The lowest BCUT2D eigenvalue weighted by molar-refractivity contribution is 0.363. The maximum absolute atomic E-state index is 6.14. The van der Waals surface area contributed by atoms with Crippen molar-refractivity contribution in [3.8, 4) is 0 Å². The molecule has 0 spiro atoms. The Labute approximate surface area is 61.7 Å². The van der Waals surface area contributed by atoms with Crippen molar-refractivity contribution in [1.29, 1.82) is 0 Å². The summed E-state index contributed by atoms with van der Waals surface area (Å²) >= 11 is 0. The van der Waals surface area contributed by atoms with Crippen LogP contribution in [-0.4, -0.2) is 30.6 Å². The van der Waals surface area contributed by atoms with Crippen LogP contribution in [0.25, 0.3) is 0 Å². The summed E-state index contributed by atoms with van der Waals surface area (Å²) < 4.78 is 0. The molecule has 1 aliphatic heterocycles. The molecule has 0 aromatic carbocycles. The Balaban J connectivity index is 2.27. The average molecular weight is 138 g/mol. The highest BCUT2D eigenvalue weighted by atomic mass is 15.2. The first kappa shape index (κ1) is 6.38. The van der Waals surface area contributed by atoms with Gasteiger partial charge in [0.15, 0.2) is 0 Å². The standard InChI is InChI=1S/C8H14N2/c1-10-5-7-3-2-4-8(7,9)6-10/h3H,2,4-6,9H2,1H3/t8-/m1/s1. The van der Waals surface area contributed by atoms with Crippen LogP contribution in [0.15, 0.2) is 11.6 Å². The second-order valence-electron chi connectivity index (χ2n) is 3.60. The van der Waals surface area contributed by atoms with Gasteiger partial charge in [0, 0.05) is 13.1 Å². The Morgan fingerprint density at radius 1 is 1.70 bits per heavy atom. The van der Waals surface area contributed by atoms with E-state index in [1.54, 1.807) is 0 Å². The predicted molar refractivity (Wildman–Crippen MR) is 41.7 cm³/mol. The number of likely N-dealkylation sites (tertiary alicyclic amines) is 1. The van der Waals surface area contributed by atoms with Gasteiger partial charge in [-0.05, 0) is 25.5 Å². The normalized spacial score (nSPS) is 40.0. The summed E-state index contributed by atoms with van der Waals surface area (Å²) in [6, 6.07) is 0. The van der Waals surface area contributed by atoms with Crippen LogP contribution >= 0.6 is 0 Å². The van der Waals surface area contributed by atoms with Crippen LogP contribution in [0.4, 0.5) is 0 Å². The van der Waals surface area contributed by atoms with Gasteiger partial charge in [0.2, 0.25) is 0 Å². The molecule has 1 aliphatic carbocycles. The van der Waals surface area contributed by atoms with Crippen molar-refractivity contribution in [2.24, 2.45) is 5.73 Å². The van der Waals surface area contributed by atoms with Crippen molar-refractivity contribution >= 4 is 0 Å². The Morgan fingerprint density at radius 3 is 3.20 bits per heavy atom. The highest BCUT2D eigenvalue weighted by Crippen LogP contribution is 2.33. The molecule has 1 atom stereocenters. The summed E-state index contributed by atoms with van der Waals surface area (Å²) in [7, 11) is 2.13. The van der Waals surface area contributed by atoms with Gasteiger partial charge in [0.05, 0.1) is 5.54 Å². The van der Waals surface area contributed by atoms with E-state index in [1.807, 2.05) is 0 Å². The summed E-state index contributed by atoms with van der Waals surface area (Å²) in [5.74, 6) is 0. The number of fused-ring (bicyclic) bond motifs is 1. The summed E-state index contributed by atoms with van der Waals surface area (Å²) in [6.07, 6.45) is 4.66. The molecule has 2 N–H and O–H groups in total. The molecular formula is C8H14N2. The molecule has 0 aromatic heterocycles. The van der Waals surface area contributed by atoms with Gasteiger partial charge < -0.3 is 10.6 Å². The van der Waals surface area contributed by atoms with Crippen LogP contribution in [-0.2, 0) is 0 Å². The molecule has 2 rings (SSSR count). The lowest BCUT2D eigenvalue weighted by atomic mass is 9.97. The van der Waals surface area contributed by atoms with Crippen LogP contribution in [0.2, 0.25) is 0 Å². The fraction of sp³-hybridized carbons (Fsp3) is 0.750. The van der Waals surface area contributed by atoms with E-state index in [4.69, 9.17) is 5.73 Å². The van der Waals surface area contributed by atoms with E-state index in [0.717, 1.165) is 19.5 Å². The molecular weight excluding hydrogens is 124 g/mol. The van der Waals surface area contributed by atoms with Crippen LogP contribution < -0.4 is 5.73 Å². The molecule has 0 unspecified atom stereocenters. The molecule has 1 heterocycles. The molecule has 0 radical (unpaired) electrons. The van der Waals surface area contributed by atoms with Gasteiger partial charge in [-0.1, -0.05) is 6.08 Å². The third kappa shape index (κ3) is 0.724. The van der Waals surface area contributed by atoms with Gasteiger partial charge in [-0.2, -0.15) is 0 Å². The number of rotatable bonds is 0.